The fourth-order valence-electron chi connectivity index (χ4n) is 1.64. The molecule has 1 aromatic carbocycles. The molecule has 0 aliphatic heterocycles. The zero-order valence-corrected chi connectivity index (χ0v) is 13.5. The summed E-state index contributed by atoms with van der Waals surface area (Å²) in [5.41, 5.74) is 2.57. The summed E-state index contributed by atoms with van der Waals surface area (Å²) in [5.74, 6) is -0.419. The molecule has 0 aliphatic carbocycles. The van der Waals surface area contributed by atoms with Crippen molar-refractivity contribution >= 4 is 27.3 Å². The quantitative estimate of drug-likeness (QED) is 0.754. The average Bonchev–Trinajstić information content (AvgIpc) is 3.04. The molecule has 0 aliphatic rings. The standard InChI is InChI=1S/C14H16N2O4S2/c1-2-20-16-14(17)11-5-7-13(8-6-11)22(18,19)15-10-12-4-3-9-21-12/h3-9,15H,2,10H2,1H3,(H,16,17). The predicted octanol–water partition coefficient (Wildman–Crippen LogP) is 1.91. The molecule has 6 nitrogen and oxygen atoms in total. The first-order valence-corrected chi connectivity index (χ1v) is 8.93. The van der Waals surface area contributed by atoms with Gasteiger partial charge in [-0.1, -0.05) is 6.07 Å². The summed E-state index contributed by atoms with van der Waals surface area (Å²) in [6.07, 6.45) is 0. The van der Waals surface area contributed by atoms with E-state index in [1.807, 2.05) is 17.5 Å². The van der Waals surface area contributed by atoms with Crippen molar-refractivity contribution in [3.8, 4) is 0 Å². The molecule has 0 radical (unpaired) electrons. The summed E-state index contributed by atoms with van der Waals surface area (Å²) in [5, 5.41) is 1.88. The van der Waals surface area contributed by atoms with Gasteiger partial charge in [0, 0.05) is 17.0 Å². The van der Waals surface area contributed by atoms with Gasteiger partial charge in [-0.25, -0.2) is 18.6 Å². The van der Waals surface area contributed by atoms with Crippen molar-refractivity contribution < 1.29 is 18.0 Å². The number of amides is 1. The van der Waals surface area contributed by atoms with Crippen molar-refractivity contribution in [1.29, 1.82) is 0 Å². The van der Waals surface area contributed by atoms with Gasteiger partial charge in [0.2, 0.25) is 10.0 Å². The maximum atomic E-state index is 12.1. The van der Waals surface area contributed by atoms with E-state index in [0.717, 1.165) is 4.88 Å². The number of hydrogen-bond acceptors (Lipinski definition) is 5. The highest BCUT2D eigenvalue weighted by Crippen LogP contribution is 2.13. The van der Waals surface area contributed by atoms with Crippen molar-refractivity contribution in [1.82, 2.24) is 10.2 Å². The van der Waals surface area contributed by atoms with Gasteiger partial charge in [0.05, 0.1) is 11.5 Å². The van der Waals surface area contributed by atoms with E-state index < -0.39 is 15.9 Å². The molecule has 0 bridgehead atoms. The van der Waals surface area contributed by atoms with Crippen LogP contribution in [0.3, 0.4) is 0 Å². The van der Waals surface area contributed by atoms with E-state index in [0.29, 0.717) is 12.2 Å². The number of carbonyl (C=O) groups excluding carboxylic acids is 1. The molecule has 1 aromatic heterocycles. The predicted molar refractivity (Wildman–Crippen MR) is 83.9 cm³/mol. The largest absolute Gasteiger partial charge is 0.274 e. The molecular weight excluding hydrogens is 324 g/mol. The summed E-state index contributed by atoms with van der Waals surface area (Å²) in [7, 11) is -3.60. The Kier molecular flexibility index (Phi) is 5.67. The third-order valence-corrected chi connectivity index (χ3v) is 5.05. The van der Waals surface area contributed by atoms with Crippen LogP contribution in [0.15, 0.2) is 46.7 Å². The second-order valence-electron chi connectivity index (χ2n) is 4.29. The number of thiophene rings is 1. The third kappa shape index (κ3) is 4.38. The molecule has 0 saturated carbocycles. The van der Waals surface area contributed by atoms with E-state index >= 15 is 0 Å². The maximum absolute atomic E-state index is 12.1. The highest BCUT2D eigenvalue weighted by Gasteiger charge is 2.15. The molecule has 118 valence electrons. The zero-order valence-electron chi connectivity index (χ0n) is 11.9. The second-order valence-corrected chi connectivity index (χ2v) is 7.09. The molecule has 0 spiro atoms. The second kappa shape index (κ2) is 7.50. The Morgan fingerprint density at radius 1 is 1.23 bits per heavy atom. The van der Waals surface area contributed by atoms with Crippen LogP contribution in [0.5, 0.6) is 0 Å². The van der Waals surface area contributed by atoms with E-state index in [2.05, 4.69) is 10.2 Å². The number of sulfonamides is 1. The summed E-state index contributed by atoms with van der Waals surface area (Å²) < 4.78 is 26.8. The molecule has 0 saturated heterocycles. The SMILES string of the molecule is CCONC(=O)c1ccc(S(=O)(=O)NCc2cccs2)cc1. The number of carbonyl (C=O) groups is 1. The number of hydroxylamine groups is 1. The van der Waals surface area contributed by atoms with E-state index in [4.69, 9.17) is 4.84 Å². The van der Waals surface area contributed by atoms with Crippen molar-refractivity contribution in [2.75, 3.05) is 6.61 Å². The molecule has 0 unspecified atom stereocenters. The van der Waals surface area contributed by atoms with Crippen molar-refractivity contribution in [3.05, 3.63) is 52.2 Å². The van der Waals surface area contributed by atoms with Crippen LogP contribution in [0.4, 0.5) is 0 Å². The molecule has 0 atom stereocenters. The van der Waals surface area contributed by atoms with Gasteiger partial charge in [-0.3, -0.25) is 9.63 Å². The first-order chi connectivity index (χ1) is 10.5. The lowest BCUT2D eigenvalue weighted by molar-refractivity contribution is 0.0364. The van der Waals surface area contributed by atoms with Crippen LogP contribution in [-0.4, -0.2) is 20.9 Å². The molecule has 8 heteroatoms. The average molecular weight is 340 g/mol. The van der Waals surface area contributed by atoms with Gasteiger partial charge in [-0.15, -0.1) is 11.3 Å². The van der Waals surface area contributed by atoms with Crippen molar-refractivity contribution in [2.24, 2.45) is 0 Å². The Hall–Kier alpha value is -1.74. The van der Waals surface area contributed by atoms with E-state index in [1.165, 1.54) is 35.6 Å². The molecule has 2 N–H and O–H groups in total. The van der Waals surface area contributed by atoms with E-state index in [-0.39, 0.29) is 11.4 Å². The van der Waals surface area contributed by atoms with E-state index in [9.17, 15) is 13.2 Å². The Labute approximate surface area is 133 Å². The smallest absolute Gasteiger partial charge is 0.274 e. The van der Waals surface area contributed by atoms with Crippen LogP contribution < -0.4 is 10.2 Å². The Balaban J connectivity index is 2.03. The number of benzene rings is 1. The summed E-state index contributed by atoms with van der Waals surface area (Å²) >= 11 is 1.48. The van der Waals surface area contributed by atoms with Crippen LogP contribution >= 0.6 is 11.3 Å². The fourth-order valence-corrected chi connectivity index (χ4v) is 3.39. The summed E-state index contributed by atoms with van der Waals surface area (Å²) in [6, 6.07) is 9.37. The Morgan fingerprint density at radius 2 is 1.95 bits per heavy atom. The third-order valence-electron chi connectivity index (χ3n) is 2.75. The van der Waals surface area contributed by atoms with Crippen LogP contribution in [0.25, 0.3) is 0 Å². The molecule has 1 amide bonds. The van der Waals surface area contributed by atoms with Crippen LogP contribution in [0.2, 0.25) is 0 Å². The first-order valence-electron chi connectivity index (χ1n) is 6.57. The molecule has 1 heterocycles. The lowest BCUT2D eigenvalue weighted by atomic mass is 10.2. The maximum Gasteiger partial charge on any atom is 0.274 e. The van der Waals surface area contributed by atoms with Gasteiger partial charge >= 0.3 is 0 Å². The van der Waals surface area contributed by atoms with Crippen LogP contribution in [0.1, 0.15) is 22.2 Å². The topological polar surface area (TPSA) is 84.5 Å². The van der Waals surface area contributed by atoms with E-state index in [1.54, 1.807) is 6.92 Å². The lowest BCUT2D eigenvalue weighted by Crippen LogP contribution is -2.24. The number of rotatable bonds is 7. The molecular formula is C14H16N2O4S2. The normalized spacial score (nSPS) is 11.3. The van der Waals surface area contributed by atoms with Gasteiger partial charge in [0.15, 0.2) is 0 Å². The Bertz CT molecular complexity index is 710. The molecule has 2 rings (SSSR count). The van der Waals surface area contributed by atoms with Gasteiger partial charge in [0.1, 0.15) is 0 Å². The molecule has 22 heavy (non-hydrogen) atoms. The zero-order chi connectivity index (χ0) is 16.0. The van der Waals surface area contributed by atoms with Crippen LogP contribution in [0, 0.1) is 0 Å². The highest BCUT2D eigenvalue weighted by atomic mass is 32.2. The van der Waals surface area contributed by atoms with Crippen molar-refractivity contribution in [2.45, 2.75) is 18.4 Å². The fraction of sp³-hybridized carbons (Fsp3) is 0.214. The first kappa shape index (κ1) is 16.6. The minimum Gasteiger partial charge on any atom is -0.274 e. The summed E-state index contributed by atoms with van der Waals surface area (Å²) in [6.45, 7) is 2.34. The van der Waals surface area contributed by atoms with Gasteiger partial charge in [-0.05, 0) is 42.6 Å². The summed E-state index contributed by atoms with van der Waals surface area (Å²) in [4.78, 5) is 17.5. The van der Waals surface area contributed by atoms with Crippen LogP contribution in [-0.2, 0) is 21.4 Å². The van der Waals surface area contributed by atoms with Gasteiger partial charge in [0.25, 0.3) is 5.91 Å². The number of nitrogens with one attached hydrogen (secondary N) is 2. The minimum absolute atomic E-state index is 0.108. The highest BCUT2D eigenvalue weighted by molar-refractivity contribution is 7.89. The Morgan fingerprint density at radius 3 is 2.55 bits per heavy atom. The van der Waals surface area contributed by atoms with Gasteiger partial charge < -0.3 is 0 Å². The molecule has 0 fully saturated rings. The van der Waals surface area contributed by atoms with Gasteiger partial charge in [-0.2, -0.15) is 0 Å². The monoisotopic (exact) mass is 340 g/mol. The molecule has 2 aromatic rings. The number of hydrogen-bond donors (Lipinski definition) is 2. The minimum atomic E-state index is -3.60. The lowest BCUT2D eigenvalue weighted by Gasteiger charge is -2.07. The van der Waals surface area contributed by atoms with Crippen molar-refractivity contribution in [3.63, 3.8) is 0 Å².